The van der Waals surface area contributed by atoms with E-state index < -0.39 is 24.0 Å². The van der Waals surface area contributed by atoms with Crippen molar-refractivity contribution >= 4 is 30.0 Å². The topological polar surface area (TPSA) is 101 Å². The average molecular weight is 290 g/mol. The summed E-state index contributed by atoms with van der Waals surface area (Å²) in [5.74, 6) is -1.08. The molecule has 0 saturated heterocycles. The lowest BCUT2D eigenvalue weighted by Crippen LogP contribution is -2.51. The van der Waals surface area contributed by atoms with E-state index in [2.05, 4.69) is 0 Å². The van der Waals surface area contributed by atoms with Crippen molar-refractivity contribution in [2.24, 2.45) is 11.7 Å². The van der Waals surface area contributed by atoms with Crippen LogP contribution < -0.4 is 5.73 Å². The van der Waals surface area contributed by atoms with Gasteiger partial charge in [0.15, 0.2) is 0 Å². The normalized spacial score (nSPS) is 13.9. The van der Waals surface area contributed by atoms with Gasteiger partial charge in [0.1, 0.15) is 6.04 Å². The predicted octanol–water partition coefficient (Wildman–Crippen LogP) is 0.551. The number of amides is 2. The molecule has 19 heavy (non-hydrogen) atoms. The van der Waals surface area contributed by atoms with Crippen molar-refractivity contribution in [2.45, 2.75) is 38.8 Å². The lowest BCUT2D eigenvalue weighted by atomic mass is 10.0. The Labute approximate surface area is 117 Å². The molecule has 0 radical (unpaired) electrons. The molecule has 6 nitrogen and oxygen atoms in total. The van der Waals surface area contributed by atoms with Gasteiger partial charge in [0, 0.05) is 0 Å². The lowest BCUT2D eigenvalue weighted by Gasteiger charge is -2.26. The van der Waals surface area contributed by atoms with Crippen molar-refractivity contribution in [3.05, 3.63) is 0 Å². The molecule has 0 heterocycles. The first-order valence-corrected chi connectivity index (χ1v) is 7.49. The van der Waals surface area contributed by atoms with Crippen molar-refractivity contribution in [3.8, 4) is 0 Å². The molecule has 0 aliphatic rings. The number of nitrogens with zero attached hydrogens (tertiary/aromatic N) is 1. The van der Waals surface area contributed by atoms with Gasteiger partial charge in [-0.05, 0) is 30.8 Å². The zero-order chi connectivity index (χ0) is 15.0. The van der Waals surface area contributed by atoms with Gasteiger partial charge in [0.05, 0.1) is 6.04 Å². The summed E-state index contributed by atoms with van der Waals surface area (Å²) in [5, 5.41) is 9.13. The number of hydrogen-bond donors (Lipinski definition) is 2. The first-order chi connectivity index (χ1) is 8.84. The molecule has 7 heteroatoms. The van der Waals surface area contributed by atoms with Gasteiger partial charge in [-0.15, -0.1) is 0 Å². The smallest absolute Gasteiger partial charge is 0.326 e. The van der Waals surface area contributed by atoms with Gasteiger partial charge in [0.2, 0.25) is 12.3 Å². The molecule has 0 aromatic rings. The summed E-state index contributed by atoms with van der Waals surface area (Å²) in [7, 11) is 0. The minimum absolute atomic E-state index is 0.0544. The number of carbonyl (C=O) groups excluding carboxylic acids is 2. The number of rotatable bonds is 9. The standard InChI is InChI=1S/C12H22N2O4S/c1-8(2)6-10(12(17)18)14(7-15)11(16)9(13)4-5-19-3/h7-10H,4-6,13H2,1-3H3,(H,17,18). The van der Waals surface area contributed by atoms with Crippen LogP contribution in [-0.2, 0) is 14.4 Å². The van der Waals surface area contributed by atoms with E-state index in [1.165, 1.54) is 11.8 Å². The predicted molar refractivity (Wildman–Crippen MR) is 74.8 cm³/mol. The highest BCUT2D eigenvalue weighted by Crippen LogP contribution is 2.13. The monoisotopic (exact) mass is 290 g/mol. The Hall–Kier alpha value is -1.08. The van der Waals surface area contributed by atoms with E-state index in [-0.39, 0.29) is 18.7 Å². The second-order valence-corrected chi connectivity index (χ2v) is 5.71. The van der Waals surface area contributed by atoms with E-state index >= 15 is 0 Å². The molecule has 0 aromatic carbocycles. The van der Waals surface area contributed by atoms with Crippen LogP contribution >= 0.6 is 11.8 Å². The molecule has 0 fully saturated rings. The highest BCUT2D eigenvalue weighted by atomic mass is 32.2. The number of carbonyl (C=O) groups is 3. The average Bonchev–Trinajstić information content (AvgIpc) is 2.34. The molecule has 0 rings (SSSR count). The van der Waals surface area contributed by atoms with Crippen molar-refractivity contribution in [1.29, 1.82) is 0 Å². The molecule has 2 atom stereocenters. The van der Waals surface area contributed by atoms with E-state index in [0.29, 0.717) is 17.1 Å². The van der Waals surface area contributed by atoms with Crippen LogP contribution in [0.15, 0.2) is 0 Å². The molecule has 0 bridgehead atoms. The molecule has 0 spiro atoms. The van der Waals surface area contributed by atoms with Crippen LogP contribution in [0.25, 0.3) is 0 Å². The Morgan fingerprint density at radius 1 is 1.42 bits per heavy atom. The first kappa shape index (κ1) is 17.9. The summed E-state index contributed by atoms with van der Waals surface area (Å²) in [4.78, 5) is 34.9. The number of carboxylic acids is 1. The fourth-order valence-corrected chi connectivity index (χ4v) is 2.11. The molecule has 0 aliphatic carbocycles. The van der Waals surface area contributed by atoms with Crippen LogP contribution in [-0.4, -0.2) is 52.4 Å². The molecular formula is C12H22N2O4S. The van der Waals surface area contributed by atoms with Crippen molar-refractivity contribution in [2.75, 3.05) is 12.0 Å². The second-order valence-electron chi connectivity index (χ2n) is 4.72. The highest BCUT2D eigenvalue weighted by Gasteiger charge is 2.32. The number of imide groups is 1. The maximum absolute atomic E-state index is 12.0. The minimum Gasteiger partial charge on any atom is -0.480 e. The zero-order valence-electron chi connectivity index (χ0n) is 11.5. The fourth-order valence-electron chi connectivity index (χ4n) is 1.62. The summed E-state index contributed by atoms with van der Waals surface area (Å²) in [6.45, 7) is 3.66. The zero-order valence-corrected chi connectivity index (χ0v) is 12.4. The van der Waals surface area contributed by atoms with Gasteiger partial charge in [-0.1, -0.05) is 13.8 Å². The Morgan fingerprint density at radius 3 is 2.37 bits per heavy atom. The second kappa shape index (κ2) is 8.92. The number of aliphatic carboxylic acids is 1. The minimum atomic E-state index is -1.19. The summed E-state index contributed by atoms with van der Waals surface area (Å²) >= 11 is 1.54. The maximum Gasteiger partial charge on any atom is 0.326 e. The van der Waals surface area contributed by atoms with Crippen molar-refractivity contribution in [1.82, 2.24) is 4.90 Å². The molecular weight excluding hydrogens is 268 g/mol. The van der Waals surface area contributed by atoms with Crippen LogP contribution in [0.4, 0.5) is 0 Å². The van der Waals surface area contributed by atoms with Gasteiger partial charge in [-0.2, -0.15) is 11.8 Å². The van der Waals surface area contributed by atoms with Gasteiger partial charge >= 0.3 is 5.97 Å². The molecule has 2 amide bonds. The largest absolute Gasteiger partial charge is 0.480 e. The molecule has 3 N–H and O–H groups in total. The van der Waals surface area contributed by atoms with Crippen molar-refractivity contribution in [3.63, 3.8) is 0 Å². The fraction of sp³-hybridized carbons (Fsp3) is 0.750. The third kappa shape index (κ3) is 6.07. The Morgan fingerprint density at radius 2 is 2.00 bits per heavy atom. The summed E-state index contributed by atoms with van der Waals surface area (Å²) < 4.78 is 0. The number of nitrogens with two attached hydrogens (primary N) is 1. The van der Waals surface area contributed by atoms with Gasteiger partial charge in [-0.25, -0.2) is 4.79 Å². The van der Waals surface area contributed by atoms with E-state index in [4.69, 9.17) is 10.8 Å². The van der Waals surface area contributed by atoms with Crippen LogP contribution in [0.1, 0.15) is 26.7 Å². The van der Waals surface area contributed by atoms with Crippen LogP contribution in [0.3, 0.4) is 0 Å². The van der Waals surface area contributed by atoms with Gasteiger partial charge < -0.3 is 10.8 Å². The van der Waals surface area contributed by atoms with E-state index in [1.807, 2.05) is 20.1 Å². The lowest BCUT2D eigenvalue weighted by molar-refractivity contribution is -0.155. The van der Waals surface area contributed by atoms with E-state index in [1.54, 1.807) is 0 Å². The Balaban J connectivity index is 4.88. The Bertz CT molecular complexity index is 323. The number of thioether (sulfide) groups is 1. The molecule has 110 valence electrons. The van der Waals surface area contributed by atoms with Crippen LogP contribution in [0.5, 0.6) is 0 Å². The van der Waals surface area contributed by atoms with Crippen LogP contribution in [0, 0.1) is 5.92 Å². The molecule has 2 unspecified atom stereocenters. The first-order valence-electron chi connectivity index (χ1n) is 6.09. The Kier molecular flexibility index (Phi) is 8.42. The summed E-state index contributed by atoms with van der Waals surface area (Å²) in [6.07, 6.45) is 2.78. The number of hydrogen-bond acceptors (Lipinski definition) is 5. The van der Waals surface area contributed by atoms with Gasteiger partial charge in [0.25, 0.3) is 0 Å². The van der Waals surface area contributed by atoms with Crippen LogP contribution in [0.2, 0.25) is 0 Å². The maximum atomic E-state index is 12.0. The molecule has 0 saturated carbocycles. The molecule has 0 aromatic heterocycles. The third-order valence-electron chi connectivity index (χ3n) is 2.63. The third-order valence-corrected chi connectivity index (χ3v) is 3.28. The number of carboxylic acid groups (broad SMARTS) is 1. The van der Waals surface area contributed by atoms with E-state index in [9.17, 15) is 14.4 Å². The highest BCUT2D eigenvalue weighted by molar-refractivity contribution is 7.98. The van der Waals surface area contributed by atoms with Crippen molar-refractivity contribution < 1.29 is 19.5 Å². The SMILES string of the molecule is CSCCC(N)C(=O)N(C=O)C(CC(C)C)C(=O)O. The van der Waals surface area contributed by atoms with Gasteiger partial charge in [-0.3, -0.25) is 14.5 Å². The van der Waals surface area contributed by atoms with E-state index in [0.717, 1.165) is 0 Å². The summed E-state index contributed by atoms with van der Waals surface area (Å²) in [6, 6.07) is -1.99. The molecule has 0 aliphatic heterocycles. The quantitative estimate of drug-likeness (QED) is 0.601. The summed E-state index contributed by atoms with van der Waals surface area (Å²) in [5.41, 5.74) is 5.69.